The first-order valence-corrected chi connectivity index (χ1v) is 10.5. The van der Waals surface area contributed by atoms with E-state index >= 15 is 0 Å². The van der Waals surface area contributed by atoms with Crippen LogP contribution in [0.5, 0.6) is 11.5 Å². The SMILES string of the molecule is COc1cc(C=NNC(=O)CC2(C)OCCCO2)ccc1OCc1ccc(Cl)cc1Cl. The minimum Gasteiger partial charge on any atom is -0.493 e. The molecular weight excluding hydrogens is 443 g/mol. The Bertz CT molecular complexity index is 945. The summed E-state index contributed by atoms with van der Waals surface area (Å²) in [4.78, 5) is 12.1. The molecule has 3 rings (SSSR count). The molecule has 2 aromatic rings. The highest BCUT2D eigenvalue weighted by Crippen LogP contribution is 2.30. The van der Waals surface area contributed by atoms with Crippen molar-refractivity contribution in [2.75, 3.05) is 20.3 Å². The van der Waals surface area contributed by atoms with Crippen LogP contribution in [0.2, 0.25) is 10.0 Å². The van der Waals surface area contributed by atoms with E-state index in [0.717, 1.165) is 17.5 Å². The van der Waals surface area contributed by atoms with E-state index in [1.165, 1.54) is 6.21 Å². The van der Waals surface area contributed by atoms with Gasteiger partial charge in [-0.05, 0) is 49.2 Å². The number of ether oxygens (including phenoxy) is 4. The minimum absolute atomic E-state index is 0.0632. The Balaban J connectivity index is 1.56. The molecule has 0 unspecified atom stereocenters. The summed E-state index contributed by atoms with van der Waals surface area (Å²) < 4.78 is 22.3. The first kappa shape index (κ1) is 23.3. The number of nitrogens with one attached hydrogen (secondary N) is 1. The smallest absolute Gasteiger partial charge is 0.245 e. The zero-order valence-corrected chi connectivity index (χ0v) is 18.8. The average molecular weight is 467 g/mol. The van der Waals surface area contributed by atoms with Crippen molar-refractivity contribution in [2.24, 2.45) is 5.10 Å². The molecular formula is C22H24Cl2N2O5. The molecule has 1 aliphatic rings. The lowest BCUT2D eigenvalue weighted by molar-refractivity contribution is -0.256. The Morgan fingerprint density at radius 2 is 1.97 bits per heavy atom. The maximum absolute atomic E-state index is 12.1. The molecule has 7 nitrogen and oxygen atoms in total. The fraction of sp³-hybridized carbons (Fsp3) is 0.364. The summed E-state index contributed by atoms with van der Waals surface area (Å²) >= 11 is 12.1. The molecule has 166 valence electrons. The lowest BCUT2D eigenvalue weighted by Gasteiger charge is -2.33. The molecule has 1 heterocycles. The summed E-state index contributed by atoms with van der Waals surface area (Å²) in [5.74, 6) is -0.133. The molecule has 9 heteroatoms. The standard InChI is InChI=1S/C22H24Cl2N2O5/c1-22(30-8-3-9-31-22)12-21(27)26-25-13-15-4-7-19(20(10-15)28-2)29-14-16-5-6-17(23)11-18(16)24/h4-7,10-11,13H,3,8-9,12,14H2,1-2H3,(H,26,27). The highest BCUT2D eigenvalue weighted by atomic mass is 35.5. The Labute approximate surface area is 191 Å². The van der Waals surface area contributed by atoms with Gasteiger partial charge < -0.3 is 18.9 Å². The molecule has 31 heavy (non-hydrogen) atoms. The van der Waals surface area contributed by atoms with Gasteiger partial charge in [0.15, 0.2) is 17.3 Å². The number of halogens is 2. The minimum atomic E-state index is -0.910. The summed E-state index contributed by atoms with van der Waals surface area (Å²) in [5.41, 5.74) is 4.02. The first-order chi connectivity index (χ1) is 14.9. The Morgan fingerprint density at radius 1 is 1.19 bits per heavy atom. The van der Waals surface area contributed by atoms with Gasteiger partial charge in [0.05, 0.1) is 33.0 Å². The summed E-state index contributed by atoms with van der Waals surface area (Å²) in [5, 5.41) is 5.09. The van der Waals surface area contributed by atoms with E-state index in [4.69, 9.17) is 42.1 Å². The number of benzene rings is 2. The average Bonchev–Trinajstić information content (AvgIpc) is 2.73. The van der Waals surface area contributed by atoms with Gasteiger partial charge in [0.2, 0.25) is 5.91 Å². The number of rotatable bonds is 8. The van der Waals surface area contributed by atoms with Crippen molar-refractivity contribution in [1.29, 1.82) is 0 Å². The fourth-order valence-electron chi connectivity index (χ4n) is 2.97. The number of hydrazone groups is 1. The third kappa shape index (κ3) is 6.83. The van der Waals surface area contributed by atoms with Gasteiger partial charge in [0, 0.05) is 15.6 Å². The molecule has 1 amide bonds. The van der Waals surface area contributed by atoms with Gasteiger partial charge in [0.25, 0.3) is 0 Å². The summed E-state index contributed by atoms with van der Waals surface area (Å²) in [6, 6.07) is 10.5. The number of amides is 1. The normalized spacial score (nSPS) is 15.6. The second-order valence-electron chi connectivity index (χ2n) is 7.09. The van der Waals surface area contributed by atoms with Crippen molar-refractivity contribution in [2.45, 2.75) is 32.2 Å². The predicted octanol–water partition coefficient (Wildman–Crippen LogP) is 4.57. The molecule has 0 radical (unpaired) electrons. The highest BCUT2D eigenvalue weighted by molar-refractivity contribution is 6.35. The van der Waals surface area contributed by atoms with Crippen molar-refractivity contribution in [1.82, 2.24) is 5.43 Å². The zero-order chi connectivity index (χ0) is 22.3. The van der Waals surface area contributed by atoms with Crippen LogP contribution in [0, 0.1) is 0 Å². The number of methoxy groups -OCH3 is 1. The van der Waals surface area contributed by atoms with E-state index < -0.39 is 5.79 Å². The fourth-order valence-corrected chi connectivity index (χ4v) is 3.43. The molecule has 0 saturated carbocycles. The van der Waals surface area contributed by atoms with Crippen LogP contribution in [-0.4, -0.2) is 38.2 Å². The molecule has 0 atom stereocenters. The first-order valence-electron chi connectivity index (χ1n) is 9.73. The number of nitrogens with zero attached hydrogens (tertiary/aromatic N) is 1. The molecule has 1 saturated heterocycles. The van der Waals surface area contributed by atoms with E-state index in [9.17, 15) is 4.79 Å². The largest absolute Gasteiger partial charge is 0.493 e. The van der Waals surface area contributed by atoms with Crippen LogP contribution in [0.25, 0.3) is 0 Å². The Morgan fingerprint density at radius 3 is 2.68 bits per heavy atom. The summed E-state index contributed by atoms with van der Waals surface area (Å²) in [6.07, 6.45) is 2.41. The Kier molecular flexibility index (Phi) is 8.15. The second-order valence-corrected chi connectivity index (χ2v) is 7.93. The maximum atomic E-state index is 12.1. The molecule has 0 spiro atoms. The molecule has 1 fully saturated rings. The van der Waals surface area contributed by atoms with E-state index in [0.29, 0.717) is 34.8 Å². The van der Waals surface area contributed by atoms with Crippen molar-refractivity contribution in [3.63, 3.8) is 0 Å². The topological polar surface area (TPSA) is 78.4 Å². The van der Waals surface area contributed by atoms with Crippen LogP contribution in [-0.2, 0) is 20.9 Å². The van der Waals surface area contributed by atoms with Gasteiger partial charge >= 0.3 is 0 Å². The molecule has 0 aliphatic carbocycles. The van der Waals surface area contributed by atoms with Gasteiger partial charge in [0.1, 0.15) is 6.61 Å². The number of carbonyl (C=O) groups excluding carboxylic acids is 1. The van der Waals surface area contributed by atoms with Gasteiger partial charge in [-0.2, -0.15) is 5.10 Å². The number of hydrogen-bond acceptors (Lipinski definition) is 6. The third-order valence-electron chi connectivity index (χ3n) is 4.57. The Hall–Kier alpha value is -2.32. The van der Waals surface area contributed by atoms with Crippen molar-refractivity contribution in [3.05, 3.63) is 57.6 Å². The molecule has 1 aliphatic heterocycles. The van der Waals surface area contributed by atoms with Gasteiger partial charge in [-0.1, -0.05) is 29.3 Å². The van der Waals surface area contributed by atoms with Crippen LogP contribution in [0.3, 0.4) is 0 Å². The molecule has 2 aromatic carbocycles. The van der Waals surface area contributed by atoms with E-state index in [2.05, 4.69) is 10.5 Å². The predicted molar refractivity (Wildman–Crippen MR) is 119 cm³/mol. The quantitative estimate of drug-likeness (QED) is 0.455. The van der Waals surface area contributed by atoms with E-state index in [1.54, 1.807) is 44.4 Å². The van der Waals surface area contributed by atoms with Gasteiger partial charge in [-0.3, -0.25) is 4.79 Å². The maximum Gasteiger partial charge on any atom is 0.245 e. The van der Waals surface area contributed by atoms with Crippen molar-refractivity contribution >= 4 is 35.3 Å². The van der Waals surface area contributed by atoms with Crippen molar-refractivity contribution < 1.29 is 23.7 Å². The van der Waals surface area contributed by atoms with Crippen LogP contribution in [0.15, 0.2) is 41.5 Å². The van der Waals surface area contributed by atoms with Crippen LogP contribution < -0.4 is 14.9 Å². The lowest BCUT2D eigenvalue weighted by Crippen LogP contribution is -2.41. The van der Waals surface area contributed by atoms with Crippen LogP contribution in [0.1, 0.15) is 30.9 Å². The van der Waals surface area contributed by atoms with Crippen LogP contribution >= 0.6 is 23.2 Å². The monoisotopic (exact) mass is 466 g/mol. The second kappa shape index (κ2) is 10.8. The van der Waals surface area contributed by atoms with E-state index in [1.807, 2.05) is 6.07 Å². The van der Waals surface area contributed by atoms with Gasteiger partial charge in [-0.25, -0.2) is 5.43 Å². The van der Waals surface area contributed by atoms with Crippen LogP contribution in [0.4, 0.5) is 0 Å². The third-order valence-corrected chi connectivity index (χ3v) is 5.16. The number of hydrogen-bond donors (Lipinski definition) is 1. The molecule has 0 aromatic heterocycles. The number of carbonyl (C=O) groups is 1. The highest BCUT2D eigenvalue weighted by Gasteiger charge is 2.31. The van der Waals surface area contributed by atoms with E-state index in [-0.39, 0.29) is 18.9 Å². The van der Waals surface area contributed by atoms with Gasteiger partial charge in [-0.15, -0.1) is 0 Å². The van der Waals surface area contributed by atoms with Crippen molar-refractivity contribution in [3.8, 4) is 11.5 Å². The zero-order valence-electron chi connectivity index (χ0n) is 17.3. The molecule has 1 N–H and O–H groups in total. The summed E-state index contributed by atoms with van der Waals surface area (Å²) in [6.45, 7) is 3.16. The molecule has 0 bridgehead atoms. The lowest BCUT2D eigenvalue weighted by atomic mass is 10.2. The summed E-state index contributed by atoms with van der Waals surface area (Å²) in [7, 11) is 1.55.